The second kappa shape index (κ2) is 6.81. The third-order valence-corrected chi connectivity index (χ3v) is 6.19. The highest BCUT2D eigenvalue weighted by Crippen LogP contribution is 2.44. The number of carbonyl (C=O) groups excluding carboxylic acids is 1. The molecule has 26 heavy (non-hydrogen) atoms. The van der Waals surface area contributed by atoms with Gasteiger partial charge in [0, 0.05) is 4.88 Å². The molecule has 1 aliphatic rings. The molecule has 6 heteroatoms. The minimum Gasteiger partial charge on any atom is -0.312 e. The summed E-state index contributed by atoms with van der Waals surface area (Å²) in [4.78, 5) is 13.4. The van der Waals surface area contributed by atoms with Crippen LogP contribution in [0, 0.1) is 34.3 Å². The van der Waals surface area contributed by atoms with E-state index >= 15 is 0 Å². The highest BCUT2D eigenvalue weighted by molar-refractivity contribution is 7.16. The molecule has 1 heterocycles. The fourth-order valence-electron chi connectivity index (χ4n) is 3.41. The molecule has 1 aromatic carbocycles. The van der Waals surface area contributed by atoms with Crippen LogP contribution in [-0.4, -0.2) is 5.91 Å². The minimum absolute atomic E-state index is 0.161. The first-order valence-electron chi connectivity index (χ1n) is 8.52. The van der Waals surface area contributed by atoms with Crippen LogP contribution >= 0.6 is 11.3 Å². The topological polar surface area (TPSA) is 52.9 Å². The number of fused-ring (bicyclic) bond motifs is 1. The fourth-order valence-corrected chi connectivity index (χ4v) is 4.68. The van der Waals surface area contributed by atoms with Crippen LogP contribution < -0.4 is 5.32 Å². The molecule has 1 N–H and O–H groups in total. The van der Waals surface area contributed by atoms with Gasteiger partial charge in [0.1, 0.15) is 28.3 Å². The van der Waals surface area contributed by atoms with Crippen molar-refractivity contribution in [2.24, 2.45) is 11.3 Å². The van der Waals surface area contributed by atoms with E-state index in [1.807, 2.05) is 0 Å². The molecule has 0 saturated heterocycles. The van der Waals surface area contributed by atoms with Crippen LogP contribution in [0.1, 0.15) is 53.6 Å². The van der Waals surface area contributed by atoms with E-state index in [9.17, 15) is 18.8 Å². The van der Waals surface area contributed by atoms with Crippen LogP contribution in [0.25, 0.3) is 0 Å². The lowest BCUT2D eigenvalue weighted by atomic mass is 9.72. The lowest BCUT2D eigenvalue weighted by Crippen LogP contribution is -2.26. The first-order chi connectivity index (χ1) is 12.2. The van der Waals surface area contributed by atoms with Crippen molar-refractivity contribution in [1.29, 1.82) is 5.26 Å². The Kier molecular flexibility index (Phi) is 4.85. The number of anilines is 1. The van der Waals surface area contributed by atoms with E-state index in [0.717, 1.165) is 41.8 Å². The second-order valence-electron chi connectivity index (χ2n) is 7.68. The Bertz CT molecular complexity index is 886. The van der Waals surface area contributed by atoms with Crippen molar-refractivity contribution in [1.82, 2.24) is 0 Å². The normalized spacial score (nSPS) is 16.7. The van der Waals surface area contributed by atoms with E-state index in [2.05, 4.69) is 32.2 Å². The highest BCUT2D eigenvalue weighted by atomic mass is 32.1. The molecule has 1 aliphatic carbocycles. The maximum absolute atomic E-state index is 13.8. The van der Waals surface area contributed by atoms with Crippen LogP contribution in [-0.2, 0) is 12.8 Å². The fraction of sp³-hybridized carbons (Fsp3) is 0.400. The Morgan fingerprint density at radius 1 is 1.31 bits per heavy atom. The van der Waals surface area contributed by atoms with Gasteiger partial charge in [-0.3, -0.25) is 4.79 Å². The smallest absolute Gasteiger partial charge is 0.262 e. The molecule has 2 aromatic rings. The van der Waals surface area contributed by atoms with Gasteiger partial charge in [0.25, 0.3) is 5.91 Å². The first-order valence-corrected chi connectivity index (χ1v) is 9.34. The summed E-state index contributed by atoms with van der Waals surface area (Å²) in [5, 5.41) is 12.5. The number of benzene rings is 1. The standard InChI is InChI=1S/C20H20F2N2OS/c1-20(2,3)11-7-8-12-13(10-23)19(26-16(12)9-11)24-18(25)17-14(21)5-4-6-15(17)22/h4-6,11H,7-9H2,1-3H3,(H,24,25)/t11-/m1/s1. The molecule has 0 unspecified atom stereocenters. The van der Waals surface area contributed by atoms with Crippen molar-refractivity contribution in [3.05, 3.63) is 51.4 Å². The Labute approximate surface area is 155 Å². The molecule has 1 aromatic heterocycles. The van der Waals surface area contributed by atoms with Gasteiger partial charge in [0.2, 0.25) is 0 Å². The van der Waals surface area contributed by atoms with Gasteiger partial charge in [-0.25, -0.2) is 8.78 Å². The van der Waals surface area contributed by atoms with Crippen molar-refractivity contribution < 1.29 is 13.6 Å². The molecule has 0 spiro atoms. The zero-order valence-corrected chi connectivity index (χ0v) is 15.8. The molecule has 1 atom stereocenters. The average Bonchev–Trinajstić information content (AvgIpc) is 2.89. The molecule has 0 radical (unpaired) electrons. The van der Waals surface area contributed by atoms with E-state index in [1.54, 1.807) is 0 Å². The van der Waals surface area contributed by atoms with Crippen molar-refractivity contribution >= 4 is 22.2 Å². The van der Waals surface area contributed by atoms with Crippen LogP contribution in [0.15, 0.2) is 18.2 Å². The third kappa shape index (κ3) is 3.36. The monoisotopic (exact) mass is 374 g/mol. The number of thiophene rings is 1. The molecular formula is C20H20F2N2OS. The van der Waals surface area contributed by atoms with Crippen LogP contribution in [0.3, 0.4) is 0 Å². The Morgan fingerprint density at radius 3 is 2.54 bits per heavy atom. The number of rotatable bonds is 2. The predicted octanol–water partition coefficient (Wildman–Crippen LogP) is 5.30. The van der Waals surface area contributed by atoms with E-state index in [0.29, 0.717) is 16.5 Å². The maximum Gasteiger partial charge on any atom is 0.262 e. The molecular weight excluding hydrogens is 354 g/mol. The number of nitriles is 1. The highest BCUT2D eigenvalue weighted by Gasteiger charge is 2.32. The molecule has 0 fully saturated rings. The van der Waals surface area contributed by atoms with Crippen molar-refractivity contribution in [2.45, 2.75) is 40.0 Å². The number of halogens is 2. The van der Waals surface area contributed by atoms with Crippen LogP contribution in [0.5, 0.6) is 0 Å². The molecule has 3 nitrogen and oxygen atoms in total. The maximum atomic E-state index is 13.8. The molecule has 136 valence electrons. The summed E-state index contributed by atoms with van der Waals surface area (Å²) in [7, 11) is 0. The van der Waals surface area contributed by atoms with Gasteiger partial charge in [0.15, 0.2) is 0 Å². The van der Waals surface area contributed by atoms with E-state index in [1.165, 1.54) is 17.4 Å². The number of nitrogens with zero attached hydrogens (tertiary/aromatic N) is 1. The van der Waals surface area contributed by atoms with Gasteiger partial charge in [-0.1, -0.05) is 26.8 Å². The second-order valence-corrected chi connectivity index (χ2v) is 8.78. The zero-order chi connectivity index (χ0) is 19.1. The summed E-state index contributed by atoms with van der Waals surface area (Å²) in [6.45, 7) is 6.60. The number of carbonyl (C=O) groups is 1. The summed E-state index contributed by atoms with van der Waals surface area (Å²) in [6.07, 6.45) is 2.61. The Hall–Kier alpha value is -2.26. The van der Waals surface area contributed by atoms with E-state index < -0.39 is 23.1 Å². The first kappa shape index (κ1) is 18.5. The molecule has 1 amide bonds. The van der Waals surface area contributed by atoms with Crippen LogP contribution in [0.4, 0.5) is 13.8 Å². The number of hydrogen-bond donors (Lipinski definition) is 1. The van der Waals surface area contributed by atoms with Gasteiger partial charge >= 0.3 is 0 Å². The number of hydrogen-bond acceptors (Lipinski definition) is 3. The SMILES string of the molecule is CC(C)(C)[C@@H]1CCc2c(sc(NC(=O)c3c(F)cccc3F)c2C#N)C1. The molecule has 0 aliphatic heterocycles. The zero-order valence-electron chi connectivity index (χ0n) is 15.0. The summed E-state index contributed by atoms with van der Waals surface area (Å²) < 4.78 is 27.7. The van der Waals surface area contributed by atoms with Gasteiger partial charge in [-0.2, -0.15) is 5.26 Å². The van der Waals surface area contributed by atoms with E-state index in [-0.39, 0.29) is 5.41 Å². The lowest BCUT2D eigenvalue weighted by molar-refractivity contribution is 0.101. The number of nitrogens with one attached hydrogen (secondary N) is 1. The summed E-state index contributed by atoms with van der Waals surface area (Å²) in [6, 6.07) is 5.44. The Balaban J connectivity index is 1.92. The number of amides is 1. The quantitative estimate of drug-likeness (QED) is 0.775. The predicted molar refractivity (Wildman–Crippen MR) is 98.3 cm³/mol. The largest absolute Gasteiger partial charge is 0.312 e. The van der Waals surface area contributed by atoms with Crippen molar-refractivity contribution in [3.8, 4) is 6.07 Å². The third-order valence-electron chi connectivity index (χ3n) is 5.02. The van der Waals surface area contributed by atoms with Crippen molar-refractivity contribution in [3.63, 3.8) is 0 Å². The average molecular weight is 374 g/mol. The minimum atomic E-state index is -0.921. The van der Waals surface area contributed by atoms with Crippen molar-refractivity contribution in [2.75, 3.05) is 5.32 Å². The van der Waals surface area contributed by atoms with Gasteiger partial charge in [0.05, 0.1) is 5.56 Å². The summed E-state index contributed by atoms with van der Waals surface area (Å²) >= 11 is 1.34. The molecule has 0 saturated carbocycles. The molecule has 3 rings (SSSR count). The molecule has 0 bridgehead atoms. The lowest BCUT2D eigenvalue weighted by Gasteiger charge is -2.33. The summed E-state index contributed by atoms with van der Waals surface area (Å²) in [5.74, 6) is -2.22. The summed E-state index contributed by atoms with van der Waals surface area (Å²) in [5.41, 5.74) is 0.911. The van der Waals surface area contributed by atoms with Gasteiger partial charge in [-0.05, 0) is 48.3 Å². The van der Waals surface area contributed by atoms with Gasteiger partial charge < -0.3 is 5.32 Å². The van der Waals surface area contributed by atoms with Crippen LogP contribution in [0.2, 0.25) is 0 Å². The van der Waals surface area contributed by atoms with E-state index in [4.69, 9.17) is 0 Å². The Morgan fingerprint density at radius 2 is 1.96 bits per heavy atom. The van der Waals surface area contributed by atoms with Gasteiger partial charge in [-0.15, -0.1) is 11.3 Å².